The quantitative estimate of drug-likeness (QED) is 0.881. The number of hydrogen-bond donors (Lipinski definition) is 1. The van der Waals surface area contributed by atoms with Crippen molar-refractivity contribution in [3.63, 3.8) is 0 Å². The first-order valence-corrected chi connectivity index (χ1v) is 7.02. The zero-order valence-electron chi connectivity index (χ0n) is 11.8. The fourth-order valence-corrected chi connectivity index (χ4v) is 2.63. The standard InChI is InChI=1S/C15H24N2O2/c1-3-19-14-6-4-13(5-7-14)15(12(2)16)17-8-10-18-11-9-17/h4-7,12,15H,3,8-11,16H2,1-2H3. The molecule has 0 aliphatic carbocycles. The highest BCUT2D eigenvalue weighted by molar-refractivity contribution is 5.30. The molecule has 1 aliphatic rings. The van der Waals surface area contributed by atoms with Crippen molar-refractivity contribution in [2.24, 2.45) is 5.73 Å². The van der Waals surface area contributed by atoms with Gasteiger partial charge < -0.3 is 15.2 Å². The van der Waals surface area contributed by atoms with Gasteiger partial charge in [-0.2, -0.15) is 0 Å². The number of ether oxygens (including phenoxy) is 2. The van der Waals surface area contributed by atoms with Gasteiger partial charge in [-0.3, -0.25) is 4.90 Å². The fraction of sp³-hybridized carbons (Fsp3) is 0.600. The highest BCUT2D eigenvalue weighted by atomic mass is 16.5. The lowest BCUT2D eigenvalue weighted by Gasteiger charge is -2.37. The van der Waals surface area contributed by atoms with Gasteiger partial charge in [0, 0.05) is 25.2 Å². The van der Waals surface area contributed by atoms with E-state index in [1.54, 1.807) is 0 Å². The summed E-state index contributed by atoms with van der Waals surface area (Å²) < 4.78 is 10.9. The molecule has 2 unspecified atom stereocenters. The van der Waals surface area contributed by atoms with Crippen LogP contribution in [0, 0.1) is 0 Å². The second-order valence-corrected chi connectivity index (χ2v) is 4.95. The molecule has 0 amide bonds. The Morgan fingerprint density at radius 1 is 1.26 bits per heavy atom. The Morgan fingerprint density at radius 2 is 1.89 bits per heavy atom. The third kappa shape index (κ3) is 3.69. The molecule has 2 rings (SSSR count). The summed E-state index contributed by atoms with van der Waals surface area (Å²) in [5.41, 5.74) is 7.43. The number of nitrogens with two attached hydrogens (primary N) is 1. The lowest BCUT2D eigenvalue weighted by molar-refractivity contribution is 0.0116. The van der Waals surface area contributed by atoms with E-state index in [4.69, 9.17) is 15.2 Å². The van der Waals surface area contributed by atoms with Crippen LogP contribution in [0.3, 0.4) is 0 Å². The average molecular weight is 264 g/mol. The third-order valence-electron chi connectivity index (χ3n) is 3.47. The normalized spacial score (nSPS) is 19.9. The van der Waals surface area contributed by atoms with E-state index in [1.807, 2.05) is 19.1 Å². The molecule has 1 aromatic carbocycles. The summed E-state index contributed by atoms with van der Waals surface area (Å²) in [6.07, 6.45) is 0. The molecule has 1 heterocycles. The lowest BCUT2D eigenvalue weighted by Crippen LogP contribution is -2.45. The molecule has 106 valence electrons. The third-order valence-corrected chi connectivity index (χ3v) is 3.47. The molecule has 1 aliphatic heterocycles. The number of hydrogen-bond acceptors (Lipinski definition) is 4. The average Bonchev–Trinajstić information content (AvgIpc) is 2.42. The van der Waals surface area contributed by atoms with E-state index in [1.165, 1.54) is 5.56 Å². The first-order chi connectivity index (χ1) is 9.22. The largest absolute Gasteiger partial charge is 0.494 e. The maximum absolute atomic E-state index is 6.18. The molecule has 4 nitrogen and oxygen atoms in total. The maximum Gasteiger partial charge on any atom is 0.119 e. The predicted octanol–water partition coefficient (Wildman–Crippen LogP) is 1.81. The van der Waals surface area contributed by atoms with Gasteiger partial charge in [0.05, 0.1) is 19.8 Å². The van der Waals surface area contributed by atoms with Crippen molar-refractivity contribution < 1.29 is 9.47 Å². The molecule has 2 N–H and O–H groups in total. The number of benzene rings is 1. The minimum atomic E-state index is 0.0936. The van der Waals surface area contributed by atoms with Crippen molar-refractivity contribution in [3.05, 3.63) is 29.8 Å². The van der Waals surface area contributed by atoms with Gasteiger partial charge in [-0.15, -0.1) is 0 Å². The summed E-state index contributed by atoms with van der Waals surface area (Å²) >= 11 is 0. The highest BCUT2D eigenvalue weighted by Gasteiger charge is 2.25. The van der Waals surface area contributed by atoms with E-state index < -0.39 is 0 Å². The summed E-state index contributed by atoms with van der Waals surface area (Å²) in [5.74, 6) is 0.914. The predicted molar refractivity (Wildman–Crippen MR) is 76.4 cm³/mol. The summed E-state index contributed by atoms with van der Waals surface area (Å²) in [5, 5.41) is 0. The van der Waals surface area contributed by atoms with E-state index in [-0.39, 0.29) is 12.1 Å². The summed E-state index contributed by atoms with van der Waals surface area (Å²) in [4.78, 5) is 2.41. The molecular formula is C15H24N2O2. The van der Waals surface area contributed by atoms with Gasteiger partial charge in [-0.1, -0.05) is 12.1 Å². The van der Waals surface area contributed by atoms with Crippen LogP contribution in [0.5, 0.6) is 5.75 Å². The van der Waals surface area contributed by atoms with Crippen molar-refractivity contribution >= 4 is 0 Å². The second kappa shape index (κ2) is 6.89. The van der Waals surface area contributed by atoms with Crippen LogP contribution in [0.15, 0.2) is 24.3 Å². The summed E-state index contributed by atoms with van der Waals surface area (Å²) in [6, 6.07) is 8.63. The molecule has 0 aromatic heterocycles. The van der Waals surface area contributed by atoms with E-state index in [0.29, 0.717) is 6.61 Å². The van der Waals surface area contributed by atoms with Crippen LogP contribution in [0.2, 0.25) is 0 Å². The van der Waals surface area contributed by atoms with Crippen molar-refractivity contribution in [2.45, 2.75) is 25.9 Å². The Labute approximate surface area is 115 Å². The molecule has 0 radical (unpaired) electrons. The maximum atomic E-state index is 6.18. The first-order valence-electron chi connectivity index (χ1n) is 7.02. The SMILES string of the molecule is CCOc1ccc(C(C(C)N)N2CCOCC2)cc1. The number of rotatable bonds is 5. The Morgan fingerprint density at radius 3 is 2.42 bits per heavy atom. The summed E-state index contributed by atoms with van der Waals surface area (Å²) in [6.45, 7) is 8.22. The van der Waals surface area contributed by atoms with Gasteiger partial charge in [0.15, 0.2) is 0 Å². The zero-order chi connectivity index (χ0) is 13.7. The Bertz CT molecular complexity index is 372. The van der Waals surface area contributed by atoms with Crippen LogP contribution in [-0.2, 0) is 4.74 Å². The minimum absolute atomic E-state index is 0.0936. The Kier molecular flexibility index (Phi) is 5.19. The molecule has 4 heteroatoms. The van der Waals surface area contributed by atoms with Crippen LogP contribution >= 0.6 is 0 Å². The topological polar surface area (TPSA) is 47.7 Å². The molecule has 0 bridgehead atoms. The molecule has 1 aromatic rings. The van der Waals surface area contributed by atoms with Gasteiger partial charge in [-0.25, -0.2) is 0 Å². The Balaban J connectivity index is 2.13. The Hall–Kier alpha value is -1.10. The zero-order valence-corrected chi connectivity index (χ0v) is 11.8. The second-order valence-electron chi connectivity index (χ2n) is 4.95. The molecule has 1 fully saturated rings. The van der Waals surface area contributed by atoms with Crippen LogP contribution in [0.4, 0.5) is 0 Å². The van der Waals surface area contributed by atoms with Crippen LogP contribution in [-0.4, -0.2) is 43.9 Å². The summed E-state index contributed by atoms with van der Waals surface area (Å²) in [7, 11) is 0. The monoisotopic (exact) mass is 264 g/mol. The van der Waals surface area contributed by atoms with Crippen molar-refractivity contribution in [1.29, 1.82) is 0 Å². The number of morpholine rings is 1. The molecule has 0 saturated carbocycles. The van der Waals surface area contributed by atoms with Crippen molar-refractivity contribution in [2.75, 3.05) is 32.9 Å². The van der Waals surface area contributed by atoms with Gasteiger partial charge in [-0.05, 0) is 31.5 Å². The van der Waals surface area contributed by atoms with E-state index in [0.717, 1.165) is 32.1 Å². The smallest absolute Gasteiger partial charge is 0.119 e. The molecule has 19 heavy (non-hydrogen) atoms. The fourth-order valence-electron chi connectivity index (χ4n) is 2.63. The highest BCUT2D eigenvalue weighted by Crippen LogP contribution is 2.26. The van der Waals surface area contributed by atoms with Crippen molar-refractivity contribution in [3.8, 4) is 5.75 Å². The van der Waals surface area contributed by atoms with Crippen LogP contribution in [0.1, 0.15) is 25.5 Å². The minimum Gasteiger partial charge on any atom is -0.494 e. The van der Waals surface area contributed by atoms with Gasteiger partial charge in [0.1, 0.15) is 5.75 Å². The van der Waals surface area contributed by atoms with Gasteiger partial charge >= 0.3 is 0 Å². The van der Waals surface area contributed by atoms with Crippen LogP contribution in [0.25, 0.3) is 0 Å². The molecule has 2 atom stereocenters. The molecular weight excluding hydrogens is 240 g/mol. The van der Waals surface area contributed by atoms with Crippen LogP contribution < -0.4 is 10.5 Å². The van der Waals surface area contributed by atoms with Crippen molar-refractivity contribution in [1.82, 2.24) is 4.90 Å². The lowest BCUT2D eigenvalue weighted by atomic mass is 9.98. The molecule has 1 saturated heterocycles. The van der Waals surface area contributed by atoms with E-state index in [9.17, 15) is 0 Å². The van der Waals surface area contributed by atoms with E-state index in [2.05, 4.69) is 24.0 Å². The molecule has 0 spiro atoms. The van der Waals surface area contributed by atoms with Gasteiger partial charge in [0.2, 0.25) is 0 Å². The number of nitrogens with zero attached hydrogens (tertiary/aromatic N) is 1. The first kappa shape index (κ1) is 14.3. The van der Waals surface area contributed by atoms with E-state index >= 15 is 0 Å². The van der Waals surface area contributed by atoms with Gasteiger partial charge in [0.25, 0.3) is 0 Å².